The highest BCUT2D eigenvalue weighted by molar-refractivity contribution is 7.50. The fourth-order valence-corrected chi connectivity index (χ4v) is 8.32. The molecular formula is C45H54N5O10P. The number of fused-ring (bicyclic) bond motifs is 1. The van der Waals surface area contributed by atoms with Crippen molar-refractivity contribution >= 4 is 53.9 Å². The highest BCUT2D eigenvalue weighted by Crippen LogP contribution is 2.39. The Morgan fingerprint density at radius 1 is 0.738 bits per heavy atom. The van der Waals surface area contributed by atoms with Gasteiger partial charge in [-0.05, 0) is 78.0 Å². The molecular weight excluding hydrogens is 801 g/mol. The van der Waals surface area contributed by atoms with Crippen LogP contribution in [0.1, 0.15) is 67.2 Å². The summed E-state index contributed by atoms with van der Waals surface area (Å²) in [6, 6.07) is 28.5. The van der Waals surface area contributed by atoms with Crippen LogP contribution in [0.2, 0.25) is 0 Å². The molecule has 1 aliphatic heterocycles. The number of aryl methyl sites for hydroxylation is 2. The first kappa shape index (κ1) is 46.2. The number of hydrogen-bond donors (Lipinski definition) is 7. The summed E-state index contributed by atoms with van der Waals surface area (Å²) in [5, 5.41) is 20.2. The maximum atomic E-state index is 14.4. The van der Waals surface area contributed by atoms with Gasteiger partial charge >= 0.3 is 13.6 Å². The summed E-state index contributed by atoms with van der Waals surface area (Å²) in [5.74, 6) is -5.62. The minimum Gasteiger partial charge on any atom is -0.481 e. The van der Waals surface area contributed by atoms with Gasteiger partial charge < -0.3 is 41.5 Å². The summed E-state index contributed by atoms with van der Waals surface area (Å²) in [5.41, 5.74) is 6.87. The average Bonchev–Trinajstić information content (AvgIpc) is 3.22. The number of nitrogens with two attached hydrogens (primary N) is 1. The van der Waals surface area contributed by atoms with Crippen LogP contribution < -0.4 is 21.7 Å². The summed E-state index contributed by atoms with van der Waals surface area (Å²) < 4.78 is 11.5. The van der Waals surface area contributed by atoms with E-state index in [1.807, 2.05) is 66.7 Å². The molecule has 61 heavy (non-hydrogen) atoms. The molecule has 0 unspecified atom stereocenters. The zero-order chi connectivity index (χ0) is 44.0. The molecule has 5 amide bonds. The first-order valence-corrected chi connectivity index (χ1v) is 22.2. The second-order valence-electron chi connectivity index (χ2n) is 15.7. The number of carbonyl (C=O) groups excluding carboxylic acids is 5. The second kappa shape index (κ2) is 21.6. The van der Waals surface area contributed by atoms with Gasteiger partial charge in [0.15, 0.2) is 0 Å². The van der Waals surface area contributed by atoms with Crippen LogP contribution >= 0.6 is 7.60 Å². The van der Waals surface area contributed by atoms with Gasteiger partial charge in [0.25, 0.3) is 0 Å². The van der Waals surface area contributed by atoms with Crippen molar-refractivity contribution in [1.82, 2.24) is 20.9 Å². The lowest BCUT2D eigenvalue weighted by Crippen LogP contribution is -2.66. The lowest BCUT2D eigenvalue weighted by atomic mass is 9.84. The van der Waals surface area contributed by atoms with E-state index < -0.39 is 73.7 Å². The van der Waals surface area contributed by atoms with Gasteiger partial charge in [-0.15, -0.1) is 0 Å². The molecule has 1 fully saturated rings. The van der Waals surface area contributed by atoms with E-state index in [0.717, 1.165) is 21.9 Å². The van der Waals surface area contributed by atoms with Gasteiger partial charge in [0.1, 0.15) is 11.6 Å². The minimum absolute atomic E-state index is 0.0669. The van der Waals surface area contributed by atoms with Crippen LogP contribution in [0.5, 0.6) is 0 Å². The van der Waals surface area contributed by atoms with E-state index in [9.17, 15) is 48.2 Å². The van der Waals surface area contributed by atoms with Crippen LogP contribution in [0.3, 0.4) is 0 Å². The van der Waals surface area contributed by atoms with Crippen LogP contribution in [0.25, 0.3) is 10.8 Å². The summed E-state index contributed by atoms with van der Waals surface area (Å²) in [6.45, 7) is 0.380. The molecule has 0 saturated carbocycles. The molecule has 4 aromatic carbocycles. The van der Waals surface area contributed by atoms with Crippen LogP contribution in [0.15, 0.2) is 97.1 Å². The second-order valence-corrected chi connectivity index (χ2v) is 17.3. The number of aliphatic carboxylic acids is 1. The van der Waals surface area contributed by atoms with Crippen molar-refractivity contribution in [3.8, 4) is 0 Å². The molecule has 5 rings (SSSR count). The number of primary amides is 1. The number of likely N-dealkylation sites (tertiary alicyclic amines) is 1. The summed E-state index contributed by atoms with van der Waals surface area (Å²) in [7, 11) is -4.34. The standard InChI is InChI=1S/C45H54N5O10P/c46-39(51)29-38(43(56)47-23-7-11-32-19-20-35-12-4-5-13-36(35)26-32)48-44(57)45(21-24-50(25-22-45)40(52)14-6-10-31-8-2-1-3-9-31)49-42(55)37(28-41(53)54)27-33-15-17-34(18-16-33)30-61(58,59)60/h1-5,8-9,12-13,15-20,26,37-38H,6-7,10-11,14,21-25,27-30H2,(H2,46,51)(H,47,56)(H,48,57)(H,49,55)(H,53,54)(H2,58,59,60)/t37-,38+/m1/s1. The SMILES string of the molecule is NC(=O)C[C@H](NC(=O)C1(NC(=O)[C@@H](CC(=O)O)Cc2ccc(CP(=O)(O)O)cc2)CCN(C(=O)CCCc2ccccc2)CC1)C(=O)NCCCc1ccc2ccccc2c1. The number of rotatable bonds is 21. The number of hydrogen-bond acceptors (Lipinski definition) is 7. The Kier molecular flexibility index (Phi) is 16.3. The van der Waals surface area contributed by atoms with Crippen molar-refractivity contribution in [3.05, 3.63) is 119 Å². The van der Waals surface area contributed by atoms with Crippen molar-refractivity contribution in [1.29, 1.82) is 0 Å². The number of benzene rings is 4. The van der Waals surface area contributed by atoms with Gasteiger partial charge in [-0.1, -0.05) is 97.1 Å². The maximum Gasteiger partial charge on any atom is 0.329 e. The van der Waals surface area contributed by atoms with Gasteiger partial charge in [0, 0.05) is 26.1 Å². The first-order chi connectivity index (χ1) is 29.1. The first-order valence-electron chi connectivity index (χ1n) is 20.4. The number of nitrogens with zero attached hydrogens (tertiary/aromatic N) is 1. The van der Waals surface area contributed by atoms with Gasteiger partial charge in [0.05, 0.1) is 24.9 Å². The molecule has 0 spiro atoms. The third-order valence-corrected chi connectivity index (χ3v) is 11.7. The molecule has 2 atom stereocenters. The van der Waals surface area contributed by atoms with Gasteiger partial charge in [0.2, 0.25) is 29.5 Å². The molecule has 0 aliphatic carbocycles. The molecule has 1 aliphatic rings. The third-order valence-electron chi connectivity index (χ3n) is 10.9. The van der Waals surface area contributed by atoms with E-state index in [1.165, 1.54) is 12.1 Å². The van der Waals surface area contributed by atoms with E-state index in [1.54, 1.807) is 17.0 Å². The normalized spacial score (nSPS) is 14.7. The van der Waals surface area contributed by atoms with Crippen LogP contribution in [0.4, 0.5) is 0 Å². The lowest BCUT2D eigenvalue weighted by Gasteiger charge is -2.42. The zero-order valence-corrected chi connectivity index (χ0v) is 34.9. The van der Waals surface area contributed by atoms with Crippen molar-refractivity contribution in [2.24, 2.45) is 11.7 Å². The molecule has 15 nitrogen and oxygen atoms in total. The number of amides is 5. The van der Waals surface area contributed by atoms with E-state index in [-0.39, 0.29) is 51.2 Å². The van der Waals surface area contributed by atoms with Crippen LogP contribution in [0, 0.1) is 5.92 Å². The number of carbonyl (C=O) groups is 6. The molecule has 0 aromatic heterocycles. The smallest absolute Gasteiger partial charge is 0.329 e. The quantitative estimate of drug-likeness (QED) is 0.0473. The number of nitrogens with one attached hydrogen (secondary N) is 3. The molecule has 4 aromatic rings. The average molecular weight is 856 g/mol. The summed E-state index contributed by atoms with van der Waals surface area (Å²) in [4.78, 5) is 99.8. The van der Waals surface area contributed by atoms with Gasteiger partial charge in [-0.2, -0.15) is 0 Å². The molecule has 324 valence electrons. The van der Waals surface area contributed by atoms with Gasteiger partial charge in [-0.3, -0.25) is 33.3 Å². The fraction of sp³-hybridized carbons (Fsp3) is 0.378. The molecule has 16 heteroatoms. The van der Waals surface area contributed by atoms with Crippen LogP contribution in [-0.4, -0.2) is 86.5 Å². The Morgan fingerprint density at radius 2 is 1.36 bits per heavy atom. The van der Waals surface area contributed by atoms with E-state index in [4.69, 9.17) is 5.73 Å². The molecule has 1 heterocycles. The predicted molar refractivity (Wildman–Crippen MR) is 229 cm³/mol. The number of carboxylic acids is 1. The van der Waals surface area contributed by atoms with Crippen molar-refractivity contribution in [3.63, 3.8) is 0 Å². The number of carboxylic acid groups (broad SMARTS) is 1. The fourth-order valence-electron chi connectivity index (χ4n) is 7.63. The topological polar surface area (TPSA) is 246 Å². The van der Waals surface area contributed by atoms with E-state index >= 15 is 0 Å². The van der Waals surface area contributed by atoms with E-state index in [0.29, 0.717) is 36.8 Å². The van der Waals surface area contributed by atoms with Crippen LogP contribution in [-0.2, 0) is 58.8 Å². The minimum atomic E-state index is -4.34. The predicted octanol–water partition coefficient (Wildman–Crippen LogP) is 3.76. The Labute approximate surface area is 354 Å². The molecule has 1 saturated heterocycles. The monoisotopic (exact) mass is 855 g/mol. The van der Waals surface area contributed by atoms with E-state index in [2.05, 4.69) is 22.0 Å². The van der Waals surface area contributed by atoms with Crippen molar-refractivity contribution in [2.45, 2.75) is 82.0 Å². The summed E-state index contributed by atoms with van der Waals surface area (Å²) >= 11 is 0. The third kappa shape index (κ3) is 14.4. The summed E-state index contributed by atoms with van der Waals surface area (Å²) in [6.07, 6.45) is 0.945. The van der Waals surface area contributed by atoms with Crippen molar-refractivity contribution < 1.29 is 48.2 Å². The highest BCUT2D eigenvalue weighted by atomic mass is 31.2. The molecule has 8 N–H and O–H groups in total. The Bertz CT molecular complexity index is 2220. The highest BCUT2D eigenvalue weighted by Gasteiger charge is 2.46. The Morgan fingerprint density at radius 3 is 2.02 bits per heavy atom. The lowest BCUT2D eigenvalue weighted by molar-refractivity contribution is -0.145. The maximum absolute atomic E-state index is 14.4. The zero-order valence-electron chi connectivity index (χ0n) is 34.0. The molecule has 0 radical (unpaired) electrons. The largest absolute Gasteiger partial charge is 0.481 e. The van der Waals surface area contributed by atoms with Crippen molar-refractivity contribution in [2.75, 3.05) is 19.6 Å². The molecule has 0 bridgehead atoms. The van der Waals surface area contributed by atoms with Gasteiger partial charge in [-0.25, -0.2) is 0 Å². The Hall–Kier alpha value is -5.89. The number of piperidine rings is 1. The Balaban J connectivity index is 1.29.